The number of sulfonamides is 1. The monoisotopic (exact) mass is 343 g/mol. The van der Waals surface area contributed by atoms with Crippen LogP contribution in [-0.2, 0) is 10.0 Å². The first-order valence-corrected chi connectivity index (χ1v) is 8.97. The van der Waals surface area contributed by atoms with Gasteiger partial charge in [0.1, 0.15) is 12.4 Å². The number of benzene rings is 2. The predicted molar refractivity (Wildman–Crippen MR) is 98.0 cm³/mol. The second-order valence-electron chi connectivity index (χ2n) is 5.21. The van der Waals surface area contributed by atoms with Gasteiger partial charge >= 0.3 is 0 Å². The summed E-state index contributed by atoms with van der Waals surface area (Å²) in [7, 11) is -3.72. The zero-order valence-corrected chi connectivity index (χ0v) is 14.5. The molecule has 2 aromatic carbocycles. The number of hydrogen-bond donors (Lipinski definition) is 0. The SMILES string of the molecule is C=CCOc1ccccc1N(CC=C)S(=O)(=O)c1ccc(C)cc1. The number of anilines is 1. The van der Waals surface area contributed by atoms with Crippen molar-refractivity contribution in [3.63, 3.8) is 0 Å². The zero-order valence-electron chi connectivity index (χ0n) is 13.7. The Morgan fingerprint density at radius 3 is 2.33 bits per heavy atom. The minimum absolute atomic E-state index is 0.144. The number of ether oxygens (including phenoxy) is 1. The second-order valence-corrected chi connectivity index (χ2v) is 7.07. The fraction of sp³-hybridized carbons (Fsp3) is 0.158. The average molecular weight is 343 g/mol. The maximum Gasteiger partial charge on any atom is 0.264 e. The molecule has 24 heavy (non-hydrogen) atoms. The number of nitrogens with zero attached hydrogens (tertiary/aromatic N) is 1. The van der Waals surface area contributed by atoms with Crippen LogP contribution in [-0.4, -0.2) is 21.6 Å². The van der Waals surface area contributed by atoms with Crippen LogP contribution in [0.5, 0.6) is 5.75 Å². The van der Waals surface area contributed by atoms with E-state index >= 15 is 0 Å². The topological polar surface area (TPSA) is 46.6 Å². The lowest BCUT2D eigenvalue weighted by atomic mass is 10.2. The maximum atomic E-state index is 13.1. The summed E-state index contributed by atoms with van der Waals surface area (Å²) in [5.41, 5.74) is 1.47. The molecule has 0 aliphatic heterocycles. The molecule has 0 aliphatic rings. The first-order chi connectivity index (χ1) is 11.5. The Bertz CT molecular complexity index is 811. The fourth-order valence-electron chi connectivity index (χ4n) is 2.21. The van der Waals surface area contributed by atoms with Crippen LogP contribution in [0.25, 0.3) is 0 Å². The molecule has 0 fully saturated rings. The largest absolute Gasteiger partial charge is 0.487 e. The molecule has 0 radical (unpaired) electrons. The van der Waals surface area contributed by atoms with E-state index < -0.39 is 10.0 Å². The molecule has 0 N–H and O–H groups in total. The Hall–Kier alpha value is -2.53. The van der Waals surface area contributed by atoms with Gasteiger partial charge in [-0.25, -0.2) is 8.42 Å². The molecule has 0 unspecified atom stereocenters. The van der Waals surface area contributed by atoms with Crippen LogP contribution >= 0.6 is 0 Å². The van der Waals surface area contributed by atoms with Gasteiger partial charge < -0.3 is 4.74 Å². The first-order valence-electron chi connectivity index (χ1n) is 7.53. The summed E-state index contributed by atoms with van der Waals surface area (Å²) in [6.07, 6.45) is 3.17. The number of para-hydroxylation sites is 2. The van der Waals surface area contributed by atoms with Gasteiger partial charge in [0.2, 0.25) is 0 Å². The molecule has 0 saturated carbocycles. The third-order valence-electron chi connectivity index (χ3n) is 3.39. The van der Waals surface area contributed by atoms with E-state index in [2.05, 4.69) is 13.2 Å². The Morgan fingerprint density at radius 1 is 1.04 bits per heavy atom. The van der Waals surface area contributed by atoms with Gasteiger partial charge in [-0.2, -0.15) is 0 Å². The van der Waals surface area contributed by atoms with Crippen LogP contribution < -0.4 is 9.04 Å². The van der Waals surface area contributed by atoms with E-state index in [0.717, 1.165) is 5.56 Å². The molecule has 2 aromatic rings. The van der Waals surface area contributed by atoms with Crippen molar-refractivity contribution in [1.82, 2.24) is 0 Å². The molecule has 0 bridgehead atoms. The molecule has 5 heteroatoms. The molecule has 4 nitrogen and oxygen atoms in total. The summed E-state index contributed by atoms with van der Waals surface area (Å²) < 4.78 is 33.0. The van der Waals surface area contributed by atoms with Crippen LogP contribution in [0.15, 0.2) is 78.7 Å². The standard InChI is InChI=1S/C19H21NO3S/c1-4-14-20(18-8-6-7-9-19(18)23-15-5-2)24(21,22)17-12-10-16(3)11-13-17/h4-13H,1-2,14-15H2,3H3. The molecule has 0 aromatic heterocycles. The number of hydrogen-bond acceptors (Lipinski definition) is 3. The minimum Gasteiger partial charge on any atom is -0.487 e. The molecular formula is C19H21NO3S. The molecule has 0 saturated heterocycles. The van der Waals surface area contributed by atoms with Gasteiger partial charge in [0.05, 0.1) is 17.1 Å². The molecule has 0 atom stereocenters. The highest BCUT2D eigenvalue weighted by Crippen LogP contribution is 2.32. The summed E-state index contributed by atoms with van der Waals surface area (Å²) in [5.74, 6) is 0.481. The number of aryl methyl sites for hydroxylation is 1. The Morgan fingerprint density at radius 2 is 1.71 bits per heavy atom. The van der Waals surface area contributed by atoms with E-state index in [9.17, 15) is 8.42 Å². The Kier molecular flexibility index (Phi) is 5.82. The fourth-order valence-corrected chi connectivity index (χ4v) is 3.66. The van der Waals surface area contributed by atoms with Crippen LogP contribution in [0, 0.1) is 6.92 Å². The van der Waals surface area contributed by atoms with Gasteiger partial charge in [-0.15, -0.1) is 6.58 Å². The highest BCUT2D eigenvalue weighted by Gasteiger charge is 2.26. The van der Waals surface area contributed by atoms with Crippen molar-refractivity contribution in [3.8, 4) is 5.75 Å². The van der Waals surface area contributed by atoms with Crippen molar-refractivity contribution >= 4 is 15.7 Å². The quantitative estimate of drug-likeness (QED) is 0.682. The highest BCUT2D eigenvalue weighted by atomic mass is 32.2. The van der Waals surface area contributed by atoms with Crippen LogP contribution in [0.3, 0.4) is 0 Å². The third kappa shape index (κ3) is 3.86. The molecular weight excluding hydrogens is 322 g/mol. The van der Waals surface area contributed by atoms with Crippen molar-refractivity contribution in [2.45, 2.75) is 11.8 Å². The van der Waals surface area contributed by atoms with Gasteiger partial charge in [0.15, 0.2) is 0 Å². The molecule has 0 spiro atoms. The summed E-state index contributed by atoms with van der Waals surface area (Å²) >= 11 is 0. The summed E-state index contributed by atoms with van der Waals surface area (Å²) in [5, 5.41) is 0. The Balaban J connectivity index is 2.51. The van der Waals surface area contributed by atoms with Crippen molar-refractivity contribution in [2.75, 3.05) is 17.5 Å². The third-order valence-corrected chi connectivity index (χ3v) is 5.19. The normalized spacial score (nSPS) is 10.9. The lowest BCUT2D eigenvalue weighted by Crippen LogP contribution is -2.31. The van der Waals surface area contributed by atoms with E-state index in [1.165, 1.54) is 4.31 Å². The van der Waals surface area contributed by atoms with E-state index in [1.807, 2.05) is 6.92 Å². The smallest absolute Gasteiger partial charge is 0.264 e. The van der Waals surface area contributed by atoms with Crippen molar-refractivity contribution in [3.05, 3.63) is 79.4 Å². The maximum absolute atomic E-state index is 13.1. The molecule has 126 valence electrons. The van der Waals surface area contributed by atoms with Gasteiger partial charge in [-0.3, -0.25) is 4.31 Å². The first kappa shape index (κ1) is 17.8. The van der Waals surface area contributed by atoms with E-state index in [4.69, 9.17) is 4.74 Å². The van der Waals surface area contributed by atoms with E-state index in [0.29, 0.717) is 18.0 Å². The van der Waals surface area contributed by atoms with E-state index in [1.54, 1.807) is 60.7 Å². The lowest BCUT2D eigenvalue weighted by molar-refractivity contribution is 0.364. The highest BCUT2D eigenvalue weighted by molar-refractivity contribution is 7.92. The lowest BCUT2D eigenvalue weighted by Gasteiger charge is -2.25. The van der Waals surface area contributed by atoms with Crippen LogP contribution in [0.4, 0.5) is 5.69 Å². The van der Waals surface area contributed by atoms with Crippen LogP contribution in [0.1, 0.15) is 5.56 Å². The van der Waals surface area contributed by atoms with Crippen molar-refractivity contribution < 1.29 is 13.2 Å². The summed E-state index contributed by atoms with van der Waals surface area (Å²) in [6.45, 7) is 9.65. The van der Waals surface area contributed by atoms with Crippen molar-refractivity contribution in [2.24, 2.45) is 0 Å². The molecule has 2 rings (SSSR count). The van der Waals surface area contributed by atoms with Gasteiger partial charge in [0.25, 0.3) is 10.0 Å². The Labute approximate surface area is 143 Å². The molecule has 0 heterocycles. The second kappa shape index (κ2) is 7.84. The summed E-state index contributed by atoms with van der Waals surface area (Å²) in [6, 6.07) is 13.8. The van der Waals surface area contributed by atoms with E-state index in [-0.39, 0.29) is 11.4 Å². The molecule has 0 amide bonds. The predicted octanol–water partition coefficient (Wildman–Crippen LogP) is 3.94. The van der Waals surface area contributed by atoms with Gasteiger partial charge in [-0.05, 0) is 31.2 Å². The van der Waals surface area contributed by atoms with Crippen LogP contribution in [0.2, 0.25) is 0 Å². The summed E-state index contributed by atoms with van der Waals surface area (Å²) in [4.78, 5) is 0.230. The van der Waals surface area contributed by atoms with Crippen molar-refractivity contribution in [1.29, 1.82) is 0 Å². The van der Waals surface area contributed by atoms with Gasteiger partial charge in [0, 0.05) is 0 Å². The minimum atomic E-state index is -3.72. The van der Waals surface area contributed by atoms with Gasteiger partial charge in [-0.1, -0.05) is 48.6 Å². The average Bonchev–Trinajstić information content (AvgIpc) is 2.58. The number of rotatable bonds is 8. The zero-order chi connectivity index (χ0) is 17.6. The molecule has 0 aliphatic carbocycles.